The number of halogens is 1. The molecule has 0 spiro atoms. The lowest BCUT2D eigenvalue weighted by Crippen LogP contribution is -2.47. The summed E-state index contributed by atoms with van der Waals surface area (Å²) in [6, 6.07) is 7.90. The predicted molar refractivity (Wildman–Crippen MR) is 95.9 cm³/mol. The molecule has 1 unspecified atom stereocenters. The number of hydrogen-bond acceptors (Lipinski definition) is 3. The molecular weight excluding hydrogens is 324 g/mol. The standard InChI is InChI=1S/C18H23ClN4O/c1-3-17-16(18(24)22-9-5-7-14(12-22)20-2)11-21-23(17)15-8-4-6-13(19)10-15/h4,6,8,10-11,14,20H,3,5,7,9,12H2,1-2H3. The van der Waals surface area contributed by atoms with Crippen molar-refractivity contribution in [2.45, 2.75) is 32.2 Å². The van der Waals surface area contributed by atoms with Crippen molar-refractivity contribution in [1.29, 1.82) is 0 Å². The molecule has 1 atom stereocenters. The van der Waals surface area contributed by atoms with Crippen molar-refractivity contribution in [3.8, 4) is 5.69 Å². The maximum atomic E-state index is 13.0. The number of hydrogen-bond donors (Lipinski definition) is 1. The third-order valence-corrected chi connectivity index (χ3v) is 4.84. The molecule has 1 aliphatic heterocycles. The van der Waals surface area contributed by atoms with Gasteiger partial charge >= 0.3 is 0 Å². The van der Waals surface area contributed by atoms with Crippen LogP contribution in [-0.2, 0) is 6.42 Å². The van der Waals surface area contributed by atoms with Gasteiger partial charge in [-0.15, -0.1) is 0 Å². The van der Waals surface area contributed by atoms with Crippen LogP contribution in [0.15, 0.2) is 30.5 Å². The van der Waals surface area contributed by atoms with Crippen LogP contribution in [0.5, 0.6) is 0 Å². The van der Waals surface area contributed by atoms with Crippen molar-refractivity contribution in [3.05, 3.63) is 46.7 Å². The highest BCUT2D eigenvalue weighted by atomic mass is 35.5. The molecule has 0 saturated carbocycles. The van der Waals surface area contributed by atoms with Gasteiger partial charge in [0.15, 0.2) is 0 Å². The molecule has 128 valence electrons. The summed E-state index contributed by atoms with van der Waals surface area (Å²) in [5, 5.41) is 8.38. The summed E-state index contributed by atoms with van der Waals surface area (Å²) in [6.45, 7) is 3.60. The summed E-state index contributed by atoms with van der Waals surface area (Å²) in [4.78, 5) is 14.9. The molecule has 0 radical (unpaired) electrons. The fourth-order valence-corrected chi connectivity index (χ4v) is 3.48. The van der Waals surface area contributed by atoms with Crippen LogP contribution < -0.4 is 5.32 Å². The van der Waals surface area contributed by atoms with Crippen LogP contribution in [0.25, 0.3) is 5.69 Å². The minimum absolute atomic E-state index is 0.0695. The van der Waals surface area contributed by atoms with Gasteiger partial charge < -0.3 is 10.2 Å². The van der Waals surface area contributed by atoms with E-state index in [0.29, 0.717) is 16.6 Å². The summed E-state index contributed by atoms with van der Waals surface area (Å²) in [6.07, 6.45) is 4.56. The fourth-order valence-electron chi connectivity index (χ4n) is 3.29. The minimum atomic E-state index is 0.0695. The average Bonchev–Trinajstić information content (AvgIpc) is 3.05. The quantitative estimate of drug-likeness (QED) is 0.926. The molecule has 1 aromatic carbocycles. The van der Waals surface area contributed by atoms with Crippen molar-refractivity contribution in [2.24, 2.45) is 0 Å². The van der Waals surface area contributed by atoms with Crippen LogP contribution in [0.2, 0.25) is 5.02 Å². The van der Waals surface area contributed by atoms with Gasteiger partial charge in [0.05, 0.1) is 23.1 Å². The van der Waals surface area contributed by atoms with Gasteiger partial charge in [0.1, 0.15) is 0 Å². The molecule has 1 saturated heterocycles. The summed E-state index contributed by atoms with van der Waals surface area (Å²) in [5.74, 6) is 0.0695. The number of carbonyl (C=O) groups is 1. The summed E-state index contributed by atoms with van der Waals surface area (Å²) in [7, 11) is 1.95. The Hall–Kier alpha value is -1.85. The first-order valence-corrected chi connectivity index (χ1v) is 8.81. The molecule has 24 heavy (non-hydrogen) atoms. The number of likely N-dealkylation sites (tertiary alicyclic amines) is 1. The lowest BCUT2D eigenvalue weighted by molar-refractivity contribution is 0.0697. The molecule has 0 bridgehead atoms. The second kappa shape index (κ2) is 7.36. The molecule has 6 heteroatoms. The van der Waals surface area contributed by atoms with Gasteiger partial charge in [0, 0.05) is 24.2 Å². The first-order chi connectivity index (χ1) is 11.6. The topological polar surface area (TPSA) is 50.2 Å². The third-order valence-electron chi connectivity index (χ3n) is 4.60. The highest BCUT2D eigenvalue weighted by Crippen LogP contribution is 2.21. The van der Waals surface area contributed by atoms with E-state index in [1.165, 1.54) is 0 Å². The Labute approximate surface area is 147 Å². The lowest BCUT2D eigenvalue weighted by Gasteiger charge is -2.32. The number of rotatable bonds is 4. The van der Waals surface area contributed by atoms with Crippen LogP contribution in [0.4, 0.5) is 0 Å². The van der Waals surface area contributed by atoms with Gasteiger partial charge in [0.25, 0.3) is 5.91 Å². The van der Waals surface area contributed by atoms with E-state index in [1.54, 1.807) is 6.20 Å². The molecule has 1 fully saturated rings. The number of nitrogens with zero attached hydrogens (tertiary/aromatic N) is 3. The SMILES string of the molecule is CCc1c(C(=O)N2CCCC(NC)C2)cnn1-c1cccc(Cl)c1. The number of piperidine rings is 1. The van der Waals surface area contributed by atoms with Gasteiger partial charge in [-0.1, -0.05) is 24.6 Å². The van der Waals surface area contributed by atoms with Crippen molar-refractivity contribution in [2.75, 3.05) is 20.1 Å². The first kappa shape index (κ1) is 17.0. The number of benzene rings is 1. The fraction of sp³-hybridized carbons (Fsp3) is 0.444. The highest BCUT2D eigenvalue weighted by Gasteiger charge is 2.26. The average molecular weight is 347 g/mol. The molecule has 2 heterocycles. The zero-order chi connectivity index (χ0) is 17.1. The third kappa shape index (κ3) is 3.32. The Morgan fingerprint density at radius 1 is 1.46 bits per heavy atom. The number of nitrogens with one attached hydrogen (secondary N) is 1. The Bertz CT molecular complexity index is 728. The second-order valence-electron chi connectivity index (χ2n) is 6.13. The molecule has 1 N–H and O–H groups in total. The van der Waals surface area contributed by atoms with Crippen LogP contribution in [0, 0.1) is 0 Å². The molecule has 5 nitrogen and oxygen atoms in total. The predicted octanol–water partition coefficient (Wildman–Crippen LogP) is 2.91. The molecule has 2 aromatic rings. The molecular formula is C18H23ClN4O. The second-order valence-corrected chi connectivity index (χ2v) is 6.57. The largest absolute Gasteiger partial charge is 0.337 e. The van der Waals surface area contributed by atoms with Crippen molar-refractivity contribution < 1.29 is 4.79 Å². The smallest absolute Gasteiger partial charge is 0.257 e. The van der Waals surface area contributed by atoms with E-state index in [0.717, 1.165) is 43.7 Å². The van der Waals surface area contributed by atoms with Crippen LogP contribution in [-0.4, -0.2) is 46.8 Å². The van der Waals surface area contributed by atoms with Crippen LogP contribution in [0.1, 0.15) is 35.8 Å². The summed E-state index contributed by atoms with van der Waals surface area (Å²) < 4.78 is 1.82. The van der Waals surface area contributed by atoms with Crippen molar-refractivity contribution in [1.82, 2.24) is 20.0 Å². The van der Waals surface area contributed by atoms with E-state index in [4.69, 9.17) is 11.6 Å². The number of likely N-dealkylation sites (N-methyl/N-ethyl adjacent to an activating group) is 1. The Morgan fingerprint density at radius 2 is 2.29 bits per heavy atom. The van der Waals surface area contributed by atoms with Gasteiger partial charge in [-0.25, -0.2) is 4.68 Å². The number of aromatic nitrogens is 2. The van der Waals surface area contributed by atoms with E-state index in [-0.39, 0.29) is 5.91 Å². The van der Waals surface area contributed by atoms with E-state index in [9.17, 15) is 4.79 Å². The maximum absolute atomic E-state index is 13.0. The molecule has 3 rings (SSSR count). The summed E-state index contributed by atoms with van der Waals surface area (Å²) in [5.41, 5.74) is 2.49. The van der Waals surface area contributed by atoms with Crippen molar-refractivity contribution in [3.63, 3.8) is 0 Å². The van der Waals surface area contributed by atoms with Crippen molar-refractivity contribution >= 4 is 17.5 Å². The zero-order valence-electron chi connectivity index (χ0n) is 14.1. The highest BCUT2D eigenvalue weighted by molar-refractivity contribution is 6.30. The van der Waals surface area contributed by atoms with Gasteiger partial charge in [-0.05, 0) is 44.5 Å². The minimum Gasteiger partial charge on any atom is -0.337 e. The van der Waals surface area contributed by atoms with Gasteiger partial charge in [0.2, 0.25) is 0 Å². The monoisotopic (exact) mass is 346 g/mol. The molecule has 1 aromatic heterocycles. The van der Waals surface area contributed by atoms with E-state index < -0.39 is 0 Å². The maximum Gasteiger partial charge on any atom is 0.257 e. The summed E-state index contributed by atoms with van der Waals surface area (Å²) >= 11 is 6.09. The Balaban J connectivity index is 1.90. The van der Waals surface area contributed by atoms with Gasteiger partial charge in [-0.3, -0.25) is 4.79 Å². The number of amides is 1. The van der Waals surface area contributed by atoms with E-state index in [2.05, 4.69) is 10.4 Å². The molecule has 1 aliphatic rings. The van der Waals surface area contributed by atoms with E-state index in [1.807, 2.05) is 47.8 Å². The van der Waals surface area contributed by atoms with E-state index >= 15 is 0 Å². The first-order valence-electron chi connectivity index (χ1n) is 8.43. The number of carbonyl (C=O) groups excluding carboxylic acids is 1. The lowest BCUT2D eigenvalue weighted by atomic mass is 10.0. The molecule has 1 amide bonds. The Morgan fingerprint density at radius 3 is 3.00 bits per heavy atom. The van der Waals surface area contributed by atoms with Gasteiger partial charge in [-0.2, -0.15) is 5.10 Å². The molecule has 0 aliphatic carbocycles. The zero-order valence-corrected chi connectivity index (χ0v) is 14.9. The normalized spacial score (nSPS) is 18.0. The van der Waals surface area contributed by atoms with Crippen LogP contribution in [0.3, 0.4) is 0 Å². The van der Waals surface area contributed by atoms with Crippen LogP contribution >= 0.6 is 11.6 Å². The Kier molecular flexibility index (Phi) is 5.21.